The van der Waals surface area contributed by atoms with Gasteiger partial charge in [0, 0.05) is 36.7 Å². The summed E-state index contributed by atoms with van der Waals surface area (Å²) >= 11 is 0. The summed E-state index contributed by atoms with van der Waals surface area (Å²) in [5.74, 6) is 0.119. The van der Waals surface area contributed by atoms with Crippen LogP contribution in [0.1, 0.15) is 53.2 Å². The minimum Gasteiger partial charge on any atom is -0.376 e. The van der Waals surface area contributed by atoms with Gasteiger partial charge in [0.05, 0.1) is 17.2 Å². The lowest BCUT2D eigenvalue weighted by molar-refractivity contribution is 0.0508. The number of nitrogens with zero attached hydrogens (tertiary/aromatic N) is 2. The second-order valence-corrected chi connectivity index (χ2v) is 8.34. The first kappa shape index (κ1) is 19.2. The fourth-order valence-corrected chi connectivity index (χ4v) is 4.24. The van der Waals surface area contributed by atoms with Crippen molar-refractivity contribution >= 4 is 16.8 Å². The molecular formula is C25H25FN2O2. The molecule has 1 amide bonds. The molecule has 5 rings (SSSR count). The van der Waals surface area contributed by atoms with Crippen molar-refractivity contribution in [1.82, 2.24) is 9.88 Å². The molecule has 1 saturated carbocycles. The summed E-state index contributed by atoms with van der Waals surface area (Å²) < 4.78 is 19.6. The number of carbonyl (C=O) groups excluding carboxylic acids is 1. The highest BCUT2D eigenvalue weighted by Crippen LogP contribution is 2.40. The van der Waals surface area contributed by atoms with Gasteiger partial charge in [-0.15, -0.1) is 0 Å². The van der Waals surface area contributed by atoms with Crippen molar-refractivity contribution in [3.63, 3.8) is 0 Å². The Kier molecular flexibility index (Phi) is 5.21. The van der Waals surface area contributed by atoms with Gasteiger partial charge in [0.2, 0.25) is 0 Å². The van der Waals surface area contributed by atoms with Crippen LogP contribution in [0.25, 0.3) is 10.9 Å². The van der Waals surface area contributed by atoms with E-state index >= 15 is 0 Å². The van der Waals surface area contributed by atoms with Crippen LogP contribution in [0, 0.1) is 5.82 Å². The number of aromatic nitrogens is 1. The van der Waals surface area contributed by atoms with E-state index in [2.05, 4.69) is 0 Å². The van der Waals surface area contributed by atoms with Crippen LogP contribution in [0.4, 0.5) is 4.39 Å². The fourth-order valence-electron chi connectivity index (χ4n) is 4.24. The fraction of sp³-hybridized carbons (Fsp3) is 0.360. The van der Waals surface area contributed by atoms with E-state index in [-0.39, 0.29) is 17.8 Å². The molecule has 1 saturated heterocycles. The molecule has 1 aliphatic heterocycles. The van der Waals surface area contributed by atoms with Crippen LogP contribution in [0.15, 0.2) is 54.6 Å². The highest BCUT2D eigenvalue weighted by atomic mass is 19.1. The van der Waals surface area contributed by atoms with Crippen LogP contribution in [0.3, 0.4) is 0 Å². The normalized spacial score (nSPS) is 18.6. The minimum absolute atomic E-state index is 0.0264. The maximum absolute atomic E-state index is 13.8. The molecule has 5 heteroatoms. The highest BCUT2D eigenvalue weighted by Gasteiger charge is 2.29. The third-order valence-electron chi connectivity index (χ3n) is 5.96. The quantitative estimate of drug-likeness (QED) is 0.576. The van der Waals surface area contributed by atoms with Gasteiger partial charge in [-0.05, 0) is 55.5 Å². The van der Waals surface area contributed by atoms with Crippen molar-refractivity contribution in [1.29, 1.82) is 0 Å². The topological polar surface area (TPSA) is 42.4 Å². The maximum Gasteiger partial charge on any atom is 0.254 e. The first-order valence-electron chi connectivity index (χ1n) is 10.7. The van der Waals surface area contributed by atoms with Crippen molar-refractivity contribution in [2.75, 3.05) is 13.2 Å². The summed E-state index contributed by atoms with van der Waals surface area (Å²) in [6, 6.07) is 16.3. The van der Waals surface area contributed by atoms with Crippen LogP contribution in [-0.2, 0) is 11.3 Å². The standard InChI is InChI=1S/C25H25FN2O2/c26-19-6-3-5-17(13-19)15-28(16-20-7-4-12-30-20)25(29)22-14-24(18-10-11-18)27-23-9-2-1-8-21(22)23/h1-3,5-6,8-9,13-14,18,20H,4,7,10-12,15-16H2. The monoisotopic (exact) mass is 404 g/mol. The van der Waals surface area contributed by atoms with Crippen molar-refractivity contribution in [2.24, 2.45) is 0 Å². The van der Waals surface area contributed by atoms with Crippen LogP contribution in [0.2, 0.25) is 0 Å². The van der Waals surface area contributed by atoms with Crippen LogP contribution in [-0.4, -0.2) is 35.0 Å². The second kappa shape index (κ2) is 8.15. The zero-order valence-electron chi connectivity index (χ0n) is 16.9. The van der Waals surface area contributed by atoms with Crippen molar-refractivity contribution < 1.29 is 13.9 Å². The molecule has 2 fully saturated rings. The molecule has 2 aliphatic rings. The van der Waals surface area contributed by atoms with E-state index in [4.69, 9.17) is 9.72 Å². The highest BCUT2D eigenvalue weighted by molar-refractivity contribution is 6.06. The number of ether oxygens (including phenoxy) is 1. The third-order valence-corrected chi connectivity index (χ3v) is 5.96. The summed E-state index contributed by atoms with van der Waals surface area (Å²) in [5, 5.41) is 0.864. The number of fused-ring (bicyclic) bond motifs is 1. The summed E-state index contributed by atoms with van der Waals surface area (Å²) in [7, 11) is 0. The Hall–Kier alpha value is -2.79. The molecule has 0 N–H and O–H groups in total. The van der Waals surface area contributed by atoms with Gasteiger partial charge in [-0.3, -0.25) is 9.78 Å². The number of pyridine rings is 1. The Bertz CT molecular complexity index is 1070. The summed E-state index contributed by atoms with van der Waals surface area (Å²) in [5.41, 5.74) is 3.31. The first-order valence-corrected chi connectivity index (χ1v) is 10.7. The van der Waals surface area contributed by atoms with E-state index in [9.17, 15) is 9.18 Å². The molecule has 0 radical (unpaired) electrons. The number of rotatable bonds is 6. The number of para-hydroxylation sites is 1. The molecule has 30 heavy (non-hydrogen) atoms. The van der Waals surface area contributed by atoms with E-state index in [1.807, 2.05) is 41.3 Å². The molecule has 1 aromatic heterocycles. The second-order valence-electron chi connectivity index (χ2n) is 8.34. The summed E-state index contributed by atoms with van der Waals surface area (Å²) in [6.45, 7) is 1.59. The molecule has 1 atom stereocenters. The third kappa shape index (κ3) is 4.08. The van der Waals surface area contributed by atoms with Crippen molar-refractivity contribution in [3.05, 3.63) is 77.2 Å². The van der Waals surface area contributed by atoms with Gasteiger partial charge in [0.1, 0.15) is 5.82 Å². The molecule has 1 unspecified atom stereocenters. The van der Waals surface area contributed by atoms with E-state index in [1.54, 1.807) is 6.07 Å². The molecular weight excluding hydrogens is 379 g/mol. The SMILES string of the molecule is O=C(c1cc(C2CC2)nc2ccccc12)N(Cc1cccc(F)c1)CC1CCCO1. The summed E-state index contributed by atoms with van der Waals surface area (Å²) in [4.78, 5) is 20.4. The number of carbonyl (C=O) groups is 1. The number of amides is 1. The number of hydrogen-bond donors (Lipinski definition) is 0. The molecule has 3 aromatic rings. The average Bonchev–Trinajstić information content (AvgIpc) is 3.49. The number of halogens is 1. The molecule has 0 bridgehead atoms. The van der Waals surface area contributed by atoms with Crippen LogP contribution >= 0.6 is 0 Å². The van der Waals surface area contributed by atoms with Gasteiger partial charge in [0.25, 0.3) is 5.91 Å². The zero-order chi connectivity index (χ0) is 20.5. The zero-order valence-corrected chi connectivity index (χ0v) is 16.9. The Morgan fingerprint density at radius 3 is 2.73 bits per heavy atom. The first-order chi connectivity index (χ1) is 14.7. The minimum atomic E-state index is -0.289. The van der Waals surface area contributed by atoms with Gasteiger partial charge >= 0.3 is 0 Å². The number of benzene rings is 2. The molecule has 1 aliphatic carbocycles. The lowest BCUT2D eigenvalue weighted by Crippen LogP contribution is -2.37. The molecule has 0 spiro atoms. The number of hydrogen-bond acceptors (Lipinski definition) is 3. The molecule has 4 nitrogen and oxygen atoms in total. The predicted octanol–water partition coefficient (Wildman–Crippen LogP) is 5.07. The Balaban J connectivity index is 1.52. The molecule has 2 heterocycles. The van der Waals surface area contributed by atoms with Gasteiger partial charge in [-0.2, -0.15) is 0 Å². The van der Waals surface area contributed by atoms with Crippen LogP contribution in [0.5, 0.6) is 0 Å². The lowest BCUT2D eigenvalue weighted by Gasteiger charge is -2.26. The van der Waals surface area contributed by atoms with Crippen LogP contribution < -0.4 is 0 Å². The van der Waals surface area contributed by atoms with Gasteiger partial charge in [-0.25, -0.2) is 4.39 Å². The molecule has 2 aromatic carbocycles. The Morgan fingerprint density at radius 2 is 1.97 bits per heavy atom. The Morgan fingerprint density at radius 1 is 1.10 bits per heavy atom. The average molecular weight is 404 g/mol. The molecule has 154 valence electrons. The van der Waals surface area contributed by atoms with Gasteiger partial charge in [-0.1, -0.05) is 30.3 Å². The maximum atomic E-state index is 13.8. The smallest absolute Gasteiger partial charge is 0.254 e. The lowest BCUT2D eigenvalue weighted by atomic mass is 10.0. The largest absolute Gasteiger partial charge is 0.376 e. The van der Waals surface area contributed by atoms with E-state index in [0.29, 0.717) is 24.6 Å². The van der Waals surface area contributed by atoms with Gasteiger partial charge in [0.15, 0.2) is 0 Å². The van der Waals surface area contributed by atoms with Crippen molar-refractivity contribution in [2.45, 2.75) is 44.2 Å². The van der Waals surface area contributed by atoms with Crippen molar-refractivity contribution in [3.8, 4) is 0 Å². The van der Waals surface area contributed by atoms with E-state index in [1.165, 1.54) is 12.1 Å². The Labute approximate surface area is 175 Å². The van der Waals surface area contributed by atoms with E-state index < -0.39 is 0 Å². The predicted molar refractivity (Wildman–Crippen MR) is 114 cm³/mol. The summed E-state index contributed by atoms with van der Waals surface area (Å²) in [6.07, 6.45) is 4.23. The van der Waals surface area contributed by atoms with E-state index in [0.717, 1.165) is 54.5 Å². The van der Waals surface area contributed by atoms with Gasteiger partial charge < -0.3 is 9.64 Å².